The molecule has 1 aliphatic rings. The summed E-state index contributed by atoms with van der Waals surface area (Å²) in [6.45, 7) is 0. The van der Waals surface area contributed by atoms with Crippen LogP contribution in [0.25, 0.3) is 91.8 Å². The van der Waals surface area contributed by atoms with Gasteiger partial charge in [0, 0.05) is 36.6 Å². The molecule has 10 rings (SSSR count). The fourth-order valence-electron chi connectivity index (χ4n) is 7.38. The van der Waals surface area contributed by atoms with Crippen molar-refractivity contribution in [2.24, 2.45) is 0 Å². The molecule has 2 aromatic heterocycles. The van der Waals surface area contributed by atoms with Crippen LogP contribution >= 0.6 is 11.3 Å². The topological polar surface area (TPSA) is 4.93 Å². The molecule has 0 atom stereocenters. The Bertz CT molecular complexity index is 2530. The Balaban J connectivity index is 1.21. The highest BCUT2D eigenvalue weighted by Gasteiger charge is 2.22. The number of benzene rings is 7. The van der Waals surface area contributed by atoms with Gasteiger partial charge in [-0.25, -0.2) is 0 Å². The van der Waals surface area contributed by atoms with E-state index < -0.39 is 0 Å². The third-order valence-corrected chi connectivity index (χ3v) is 10.3. The summed E-state index contributed by atoms with van der Waals surface area (Å²) in [5.74, 6) is 0. The van der Waals surface area contributed by atoms with Gasteiger partial charge in [-0.3, -0.25) is 0 Å². The van der Waals surface area contributed by atoms with Gasteiger partial charge in [-0.2, -0.15) is 0 Å². The van der Waals surface area contributed by atoms with Gasteiger partial charge in [0.2, 0.25) is 0 Å². The van der Waals surface area contributed by atoms with Gasteiger partial charge in [0.15, 0.2) is 0 Å². The molecule has 0 unspecified atom stereocenters. The lowest BCUT2D eigenvalue weighted by Crippen LogP contribution is -1.94. The van der Waals surface area contributed by atoms with Gasteiger partial charge in [-0.05, 0) is 74.5 Å². The molecule has 1 aliphatic carbocycles. The number of hydrogen-bond acceptors (Lipinski definition) is 1. The number of fused-ring (bicyclic) bond motifs is 10. The molecule has 0 amide bonds. The number of aromatic nitrogens is 1. The van der Waals surface area contributed by atoms with E-state index in [-0.39, 0.29) is 0 Å². The van der Waals surface area contributed by atoms with Crippen molar-refractivity contribution in [1.29, 1.82) is 0 Å². The zero-order chi connectivity index (χ0) is 27.4. The van der Waals surface area contributed by atoms with E-state index in [9.17, 15) is 0 Å². The number of thiophene rings is 1. The predicted octanol–water partition coefficient (Wildman–Crippen LogP) is 11.6. The van der Waals surface area contributed by atoms with Crippen LogP contribution in [0.2, 0.25) is 0 Å². The first-order valence-electron chi connectivity index (χ1n) is 14.4. The molecule has 9 aromatic rings. The number of rotatable bonds is 2. The Morgan fingerprint density at radius 2 is 1.05 bits per heavy atom. The van der Waals surface area contributed by atoms with Gasteiger partial charge in [-0.15, -0.1) is 11.3 Å². The summed E-state index contributed by atoms with van der Waals surface area (Å²) in [6.07, 6.45) is 0. The summed E-state index contributed by atoms with van der Waals surface area (Å²) in [6, 6.07) is 51.6. The lowest BCUT2D eigenvalue weighted by atomic mass is 9.94. The monoisotopic (exact) mass is 549 g/mol. The van der Waals surface area contributed by atoms with E-state index in [0.29, 0.717) is 0 Å². The van der Waals surface area contributed by atoms with Gasteiger partial charge in [-0.1, -0.05) is 109 Å². The van der Waals surface area contributed by atoms with Crippen molar-refractivity contribution >= 4 is 64.1 Å². The summed E-state index contributed by atoms with van der Waals surface area (Å²) in [5, 5.41) is 7.96. The SMILES string of the molecule is c1ccc2c(c1)-c1cccc3c(-c4ccc(-n5c6ccccc6c6ccc7sc8ccccc8c7c65)cc4)ccc-2c13. The smallest absolute Gasteiger partial charge is 0.0634 e. The Hall–Kier alpha value is -5.18. The van der Waals surface area contributed by atoms with Gasteiger partial charge in [0.25, 0.3) is 0 Å². The largest absolute Gasteiger partial charge is 0.309 e. The van der Waals surface area contributed by atoms with Crippen LogP contribution in [0.1, 0.15) is 0 Å². The van der Waals surface area contributed by atoms with Crippen LogP contribution in [0.15, 0.2) is 140 Å². The minimum absolute atomic E-state index is 1.19. The van der Waals surface area contributed by atoms with Crippen LogP contribution in [0.5, 0.6) is 0 Å². The van der Waals surface area contributed by atoms with E-state index in [1.54, 1.807) is 0 Å². The van der Waals surface area contributed by atoms with Crippen LogP contribution in [0, 0.1) is 0 Å². The molecular formula is C40H23NS. The average molecular weight is 550 g/mol. The first kappa shape index (κ1) is 22.5. The van der Waals surface area contributed by atoms with Crippen molar-refractivity contribution in [3.63, 3.8) is 0 Å². The van der Waals surface area contributed by atoms with Crippen LogP contribution in [-0.4, -0.2) is 4.57 Å². The Morgan fingerprint density at radius 3 is 1.90 bits per heavy atom. The van der Waals surface area contributed by atoms with Gasteiger partial charge in [0.05, 0.1) is 11.0 Å². The van der Waals surface area contributed by atoms with Crippen molar-refractivity contribution in [2.45, 2.75) is 0 Å². The summed E-state index contributed by atoms with van der Waals surface area (Å²) in [7, 11) is 0. The second-order valence-electron chi connectivity index (χ2n) is 11.3. The van der Waals surface area contributed by atoms with Crippen molar-refractivity contribution in [3.05, 3.63) is 140 Å². The predicted molar refractivity (Wildman–Crippen MR) is 181 cm³/mol. The van der Waals surface area contributed by atoms with E-state index in [0.717, 1.165) is 0 Å². The molecule has 0 bridgehead atoms. The third-order valence-electron chi connectivity index (χ3n) is 9.16. The van der Waals surface area contributed by atoms with E-state index in [2.05, 4.69) is 144 Å². The van der Waals surface area contributed by atoms with Gasteiger partial charge < -0.3 is 4.57 Å². The molecule has 0 radical (unpaired) electrons. The lowest BCUT2D eigenvalue weighted by molar-refractivity contribution is 1.19. The van der Waals surface area contributed by atoms with E-state index in [4.69, 9.17) is 0 Å². The normalized spacial score (nSPS) is 12.3. The molecule has 0 saturated heterocycles. The molecule has 0 N–H and O–H groups in total. The highest BCUT2D eigenvalue weighted by atomic mass is 32.1. The van der Waals surface area contributed by atoms with Crippen molar-refractivity contribution < 1.29 is 0 Å². The maximum absolute atomic E-state index is 2.47. The Morgan fingerprint density at radius 1 is 0.381 bits per heavy atom. The Kier molecular flexibility index (Phi) is 4.39. The van der Waals surface area contributed by atoms with Gasteiger partial charge >= 0.3 is 0 Å². The first-order chi connectivity index (χ1) is 20.8. The number of hydrogen-bond donors (Lipinski definition) is 0. The highest BCUT2D eigenvalue weighted by Crippen LogP contribution is 2.49. The minimum atomic E-state index is 1.19. The molecule has 0 aliphatic heterocycles. The van der Waals surface area contributed by atoms with Crippen LogP contribution < -0.4 is 0 Å². The third kappa shape index (κ3) is 2.87. The van der Waals surface area contributed by atoms with Gasteiger partial charge in [0.1, 0.15) is 0 Å². The Labute approximate surface area is 246 Å². The minimum Gasteiger partial charge on any atom is -0.309 e. The van der Waals surface area contributed by atoms with Crippen molar-refractivity contribution in [1.82, 2.24) is 4.57 Å². The van der Waals surface area contributed by atoms with Crippen LogP contribution in [-0.2, 0) is 0 Å². The van der Waals surface area contributed by atoms with E-state index in [1.165, 1.54) is 91.8 Å². The second-order valence-corrected chi connectivity index (χ2v) is 12.4. The zero-order valence-corrected chi connectivity index (χ0v) is 23.5. The first-order valence-corrected chi connectivity index (χ1v) is 15.3. The molecule has 2 heterocycles. The molecule has 7 aromatic carbocycles. The fraction of sp³-hybridized carbons (Fsp3) is 0. The summed E-state index contributed by atoms with van der Waals surface area (Å²) >= 11 is 1.88. The molecule has 0 saturated carbocycles. The molecule has 42 heavy (non-hydrogen) atoms. The average Bonchev–Trinajstić information content (AvgIpc) is 3.70. The maximum Gasteiger partial charge on any atom is 0.0634 e. The number of nitrogens with zero attached hydrogens (tertiary/aromatic N) is 1. The standard InChI is InChI=1S/C40H23NS/c1-2-9-28-27(8-1)31-13-7-12-30-26(20-21-32(28)38(30)31)24-16-18-25(19-17-24)41-35-14-5-3-10-29(35)33-22-23-37-39(40(33)41)34-11-4-6-15-36(34)42-37/h1-23H. The van der Waals surface area contributed by atoms with Crippen LogP contribution in [0.3, 0.4) is 0 Å². The summed E-state index contributed by atoms with van der Waals surface area (Å²) < 4.78 is 5.14. The summed E-state index contributed by atoms with van der Waals surface area (Å²) in [5.41, 5.74) is 11.6. The lowest BCUT2D eigenvalue weighted by Gasteiger charge is -2.12. The maximum atomic E-state index is 2.47. The fourth-order valence-corrected chi connectivity index (χ4v) is 8.49. The molecule has 1 nitrogen and oxygen atoms in total. The molecular weight excluding hydrogens is 527 g/mol. The molecule has 0 spiro atoms. The van der Waals surface area contributed by atoms with E-state index in [1.807, 2.05) is 11.3 Å². The molecule has 2 heteroatoms. The van der Waals surface area contributed by atoms with Crippen molar-refractivity contribution in [2.75, 3.05) is 0 Å². The molecule has 0 fully saturated rings. The van der Waals surface area contributed by atoms with Crippen molar-refractivity contribution in [3.8, 4) is 39.1 Å². The molecule has 194 valence electrons. The zero-order valence-electron chi connectivity index (χ0n) is 22.6. The van der Waals surface area contributed by atoms with E-state index >= 15 is 0 Å². The number of para-hydroxylation sites is 1. The second kappa shape index (κ2) is 8.19. The quantitative estimate of drug-likeness (QED) is 0.202. The van der Waals surface area contributed by atoms with Crippen LogP contribution in [0.4, 0.5) is 0 Å². The highest BCUT2D eigenvalue weighted by molar-refractivity contribution is 7.26. The summed E-state index contributed by atoms with van der Waals surface area (Å²) in [4.78, 5) is 0.